The molecule has 0 unspecified atom stereocenters. The first-order valence-electron chi connectivity index (χ1n) is 8.28. The molecule has 24 heavy (non-hydrogen) atoms. The maximum atomic E-state index is 14.4. The fourth-order valence-corrected chi connectivity index (χ4v) is 2.78. The Hall–Kier alpha value is -1.68. The highest BCUT2D eigenvalue weighted by molar-refractivity contribution is 6.33. The number of anilines is 3. The number of rotatable bonds is 8. The molecule has 0 heterocycles. The van der Waals surface area contributed by atoms with Crippen LogP contribution in [0.15, 0.2) is 42.5 Å². The largest absolute Gasteiger partial charge is 0.382 e. The fraction of sp³-hybridized carbons (Fsp3) is 0.368. The molecule has 0 bridgehead atoms. The maximum absolute atomic E-state index is 14.4. The summed E-state index contributed by atoms with van der Waals surface area (Å²) >= 11 is 6.11. The minimum atomic E-state index is -0.301. The monoisotopic (exact) mass is 344 g/mol. The molecule has 0 atom stereocenters. The van der Waals surface area contributed by atoms with Crippen LogP contribution in [-0.2, 0) is 0 Å². The lowest BCUT2D eigenvalue weighted by Gasteiger charge is -2.31. The fourth-order valence-electron chi connectivity index (χ4n) is 2.60. The summed E-state index contributed by atoms with van der Waals surface area (Å²) in [4.78, 5) is 0. The average Bonchev–Trinajstić information content (AvgIpc) is 2.60. The Morgan fingerprint density at radius 2 is 1.79 bits per heavy atom. The first kappa shape index (κ1) is 18.7. The van der Waals surface area contributed by atoms with E-state index in [-0.39, 0.29) is 11.2 Å². The van der Waals surface area contributed by atoms with Gasteiger partial charge in [-0.05, 0) is 48.6 Å². The van der Waals surface area contributed by atoms with Gasteiger partial charge in [0.2, 0.25) is 0 Å². The van der Waals surface area contributed by atoms with E-state index in [0.29, 0.717) is 29.3 Å². The van der Waals surface area contributed by atoms with Crippen LogP contribution in [-0.4, -0.2) is 14.4 Å². The molecule has 0 aromatic heterocycles. The molecule has 0 amide bonds. The number of nitrogens with one attached hydrogen (secondary N) is 2. The topological polar surface area (TPSA) is 24.1 Å². The van der Waals surface area contributed by atoms with Gasteiger partial charge in [0.1, 0.15) is 5.82 Å². The first-order chi connectivity index (χ1) is 11.5. The third kappa shape index (κ3) is 4.44. The Labute approximate surface area is 150 Å². The van der Waals surface area contributed by atoms with Gasteiger partial charge >= 0.3 is 0 Å². The van der Waals surface area contributed by atoms with Gasteiger partial charge in [-0.15, -0.1) is 0 Å². The van der Waals surface area contributed by atoms with Crippen molar-refractivity contribution in [3.8, 4) is 0 Å². The second-order valence-corrected chi connectivity index (χ2v) is 6.47. The molecule has 126 valence electrons. The maximum Gasteiger partial charge on any atom is 0.148 e. The highest BCUT2D eigenvalue weighted by atomic mass is 35.5. The average molecular weight is 345 g/mol. The van der Waals surface area contributed by atoms with E-state index >= 15 is 0 Å². The van der Waals surface area contributed by atoms with E-state index in [1.165, 1.54) is 6.07 Å². The number of hydrogen-bond acceptors (Lipinski definition) is 2. The van der Waals surface area contributed by atoms with E-state index in [0.717, 1.165) is 18.5 Å². The van der Waals surface area contributed by atoms with E-state index in [9.17, 15) is 4.39 Å². The summed E-state index contributed by atoms with van der Waals surface area (Å²) in [6.07, 6.45) is 2.50. The summed E-state index contributed by atoms with van der Waals surface area (Å²) in [5.41, 5.74) is 1.89. The van der Waals surface area contributed by atoms with Crippen molar-refractivity contribution in [3.63, 3.8) is 0 Å². The Bertz CT molecular complexity index is 666. The molecule has 2 nitrogen and oxygen atoms in total. The zero-order chi connectivity index (χ0) is 17.6. The molecule has 0 fully saturated rings. The molecule has 0 aliphatic rings. The van der Waals surface area contributed by atoms with E-state index in [4.69, 9.17) is 19.4 Å². The lowest BCUT2D eigenvalue weighted by Crippen LogP contribution is -2.28. The Morgan fingerprint density at radius 1 is 1.08 bits per heavy atom. The van der Waals surface area contributed by atoms with Crippen molar-refractivity contribution in [2.24, 2.45) is 5.41 Å². The summed E-state index contributed by atoms with van der Waals surface area (Å²) in [5, 5.41) is 6.92. The van der Waals surface area contributed by atoms with Gasteiger partial charge in [-0.1, -0.05) is 43.9 Å². The summed E-state index contributed by atoms with van der Waals surface area (Å²) in [6, 6.07) is 12.4. The van der Waals surface area contributed by atoms with E-state index in [1.807, 2.05) is 24.3 Å². The second-order valence-electron chi connectivity index (χ2n) is 6.06. The molecule has 0 spiro atoms. The van der Waals surface area contributed by atoms with Crippen molar-refractivity contribution in [2.45, 2.75) is 33.0 Å². The third-order valence-corrected chi connectivity index (χ3v) is 5.04. The van der Waals surface area contributed by atoms with Crippen molar-refractivity contribution in [3.05, 3.63) is 53.3 Å². The molecule has 2 aromatic rings. The third-order valence-electron chi connectivity index (χ3n) is 4.71. The Balaban J connectivity index is 2.08. The summed E-state index contributed by atoms with van der Waals surface area (Å²) in [7, 11) is 5.90. The standard InChI is InChI=1S/C19H23BClFN2/c1-3-19(4-2,12-20)13-23-18-10-9-14(11-16(18)22)24-17-8-6-5-7-15(17)21/h5-11,23-24H,3-4,12-13H2,1-2H3. The zero-order valence-electron chi connectivity index (χ0n) is 14.2. The SMILES string of the molecule is [B]CC(CC)(CC)CNc1ccc(Nc2ccccc2Cl)cc1F. The minimum absolute atomic E-state index is 0.000918. The first-order valence-corrected chi connectivity index (χ1v) is 8.66. The molecule has 2 rings (SSSR count). The molecule has 2 radical (unpaired) electrons. The van der Waals surface area contributed by atoms with Crippen molar-refractivity contribution in [2.75, 3.05) is 17.2 Å². The van der Waals surface area contributed by atoms with Crippen LogP contribution in [0.2, 0.25) is 11.3 Å². The van der Waals surface area contributed by atoms with Gasteiger partial charge in [-0.25, -0.2) is 4.39 Å². The number of hydrogen-bond donors (Lipinski definition) is 2. The molecule has 0 aliphatic carbocycles. The van der Waals surface area contributed by atoms with Crippen LogP contribution in [0.3, 0.4) is 0 Å². The molecule has 0 saturated heterocycles. The molecular formula is C19H23BClFN2. The molecule has 5 heteroatoms. The van der Waals surface area contributed by atoms with Crippen molar-refractivity contribution in [1.82, 2.24) is 0 Å². The predicted octanol–water partition coefficient (Wildman–Crippen LogP) is 6.03. The van der Waals surface area contributed by atoms with Gasteiger partial charge in [-0.2, -0.15) is 0 Å². The lowest BCUT2D eigenvalue weighted by atomic mass is 9.72. The normalized spacial score (nSPS) is 11.3. The van der Waals surface area contributed by atoms with Gasteiger partial charge in [-0.3, -0.25) is 0 Å². The highest BCUT2D eigenvalue weighted by Gasteiger charge is 2.23. The smallest absolute Gasteiger partial charge is 0.148 e. The lowest BCUT2D eigenvalue weighted by molar-refractivity contribution is 0.321. The highest BCUT2D eigenvalue weighted by Crippen LogP contribution is 2.31. The molecule has 2 aromatic carbocycles. The summed E-state index contributed by atoms with van der Waals surface area (Å²) in [5.74, 6) is -0.301. The van der Waals surface area contributed by atoms with Crippen LogP contribution in [0.5, 0.6) is 0 Å². The quantitative estimate of drug-likeness (QED) is 0.571. The molecule has 0 aliphatic heterocycles. The number of para-hydroxylation sites is 1. The summed E-state index contributed by atoms with van der Waals surface area (Å²) in [6.45, 7) is 4.89. The van der Waals surface area contributed by atoms with Crippen LogP contribution < -0.4 is 10.6 Å². The van der Waals surface area contributed by atoms with Crippen molar-refractivity contribution >= 4 is 36.5 Å². The van der Waals surface area contributed by atoms with Crippen LogP contribution in [0, 0.1) is 11.2 Å². The van der Waals surface area contributed by atoms with Gasteiger partial charge in [0, 0.05) is 12.2 Å². The minimum Gasteiger partial charge on any atom is -0.382 e. The summed E-state index contributed by atoms with van der Waals surface area (Å²) < 4.78 is 14.4. The van der Waals surface area contributed by atoms with E-state index in [1.54, 1.807) is 12.1 Å². The molecular weight excluding hydrogens is 321 g/mol. The predicted molar refractivity (Wildman–Crippen MR) is 103 cm³/mol. The van der Waals surface area contributed by atoms with Crippen LogP contribution in [0.25, 0.3) is 0 Å². The van der Waals surface area contributed by atoms with E-state index in [2.05, 4.69) is 24.5 Å². The molecule has 2 N–H and O–H groups in total. The van der Waals surface area contributed by atoms with Gasteiger partial charge in [0.15, 0.2) is 0 Å². The number of halogens is 2. The van der Waals surface area contributed by atoms with Crippen molar-refractivity contribution in [1.29, 1.82) is 0 Å². The van der Waals surface area contributed by atoms with Gasteiger partial charge in [0.25, 0.3) is 0 Å². The van der Waals surface area contributed by atoms with Crippen LogP contribution in [0.4, 0.5) is 21.5 Å². The zero-order valence-corrected chi connectivity index (χ0v) is 15.0. The van der Waals surface area contributed by atoms with Crippen LogP contribution in [0.1, 0.15) is 26.7 Å². The van der Waals surface area contributed by atoms with Gasteiger partial charge < -0.3 is 10.6 Å². The molecule has 0 saturated carbocycles. The second kappa shape index (κ2) is 8.43. The Kier molecular flexibility index (Phi) is 6.56. The van der Waals surface area contributed by atoms with Crippen molar-refractivity contribution < 1.29 is 4.39 Å². The number of benzene rings is 2. The van der Waals surface area contributed by atoms with E-state index < -0.39 is 0 Å². The van der Waals surface area contributed by atoms with Crippen LogP contribution >= 0.6 is 11.6 Å². The van der Waals surface area contributed by atoms with Gasteiger partial charge in [0.05, 0.1) is 24.2 Å². The Morgan fingerprint density at radius 3 is 2.38 bits per heavy atom.